The van der Waals surface area contributed by atoms with Crippen molar-refractivity contribution in [1.29, 1.82) is 0 Å². The predicted octanol–water partition coefficient (Wildman–Crippen LogP) is 12.3. The number of nitrogens with zero attached hydrogens (tertiary/aromatic N) is 2. The molecule has 0 unspecified atom stereocenters. The van der Waals surface area contributed by atoms with Crippen molar-refractivity contribution in [2.75, 3.05) is 4.81 Å². The lowest BCUT2D eigenvalue weighted by Crippen LogP contribution is -2.60. The minimum atomic E-state index is -0.0316. The molecule has 4 heteroatoms. The van der Waals surface area contributed by atoms with E-state index in [2.05, 4.69) is 154 Å². The minimum absolute atomic E-state index is 0.0316. The van der Waals surface area contributed by atoms with Crippen LogP contribution in [0.5, 0.6) is 0 Å². The number of benzene rings is 6. The van der Waals surface area contributed by atoms with Crippen molar-refractivity contribution < 1.29 is 4.42 Å². The summed E-state index contributed by atoms with van der Waals surface area (Å²) in [5, 5.41) is 5.11. The van der Waals surface area contributed by atoms with Crippen molar-refractivity contribution in [2.45, 2.75) is 90.9 Å². The average molecular weight is 703 g/mol. The van der Waals surface area contributed by atoms with Crippen LogP contribution in [-0.4, -0.2) is 11.4 Å². The minimum Gasteiger partial charge on any atom is -0.456 e. The molecule has 2 aromatic heterocycles. The number of aryl methyl sites for hydroxylation is 2. The first-order valence-corrected chi connectivity index (χ1v) is 20.2. The predicted molar refractivity (Wildman–Crippen MR) is 230 cm³/mol. The van der Waals surface area contributed by atoms with E-state index in [1.165, 1.54) is 126 Å². The number of furan rings is 1. The third-order valence-corrected chi connectivity index (χ3v) is 13.6. The van der Waals surface area contributed by atoms with Crippen LogP contribution in [0.15, 0.2) is 108 Å². The van der Waals surface area contributed by atoms with Crippen molar-refractivity contribution in [3.8, 4) is 16.8 Å². The number of anilines is 2. The Morgan fingerprint density at radius 1 is 0.685 bits per heavy atom. The molecule has 8 aromatic rings. The zero-order valence-electron chi connectivity index (χ0n) is 32.4. The normalized spacial score (nSPS) is 16.3. The third-order valence-electron chi connectivity index (χ3n) is 13.6. The van der Waals surface area contributed by atoms with Crippen LogP contribution in [0, 0.1) is 6.92 Å². The van der Waals surface area contributed by atoms with E-state index in [0.717, 1.165) is 17.6 Å². The molecule has 0 amide bonds. The van der Waals surface area contributed by atoms with Gasteiger partial charge in [-0.05, 0) is 131 Å². The Kier molecular flexibility index (Phi) is 6.67. The van der Waals surface area contributed by atoms with Gasteiger partial charge in [-0.2, -0.15) is 0 Å². The van der Waals surface area contributed by atoms with Gasteiger partial charge in [0, 0.05) is 44.2 Å². The van der Waals surface area contributed by atoms with Crippen molar-refractivity contribution in [3.63, 3.8) is 0 Å². The molecule has 0 radical (unpaired) electrons. The van der Waals surface area contributed by atoms with Gasteiger partial charge in [-0.1, -0.05) is 102 Å². The number of hydrogen-bond donors (Lipinski definition) is 0. The molecule has 6 aromatic carbocycles. The smallest absolute Gasteiger partial charge is 0.333 e. The van der Waals surface area contributed by atoms with Crippen LogP contribution in [0.4, 0.5) is 11.4 Å². The Morgan fingerprint density at radius 2 is 1.43 bits per heavy atom. The summed E-state index contributed by atoms with van der Waals surface area (Å²) in [6.07, 6.45) is 7.26. The average Bonchev–Trinajstić information content (AvgIpc) is 3.71. The van der Waals surface area contributed by atoms with Gasteiger partial charge < -0.3 is 13.8 Å². The molecule has 11 rings (SSSR count). The molecule has 0 atom stereocenters. The van der Waals surface area contributed by atoms with E-state index in [9.17, 15) is 0 Å². The van der Waals surface area contributed by atoms with E-state index in [4.69, 9.17) is 4.42 Å². The lowest BCUT2D eigenvalue weighted by atomic mass is 9.44. The number of para-hydroxylation sites is 2. The summed E-state index contributed by atoms with van der Waals surface area (Å²) >= 11 is 0. The molecular weight excluding hydrogens is 655 g/mol. The van der Waals surface area contributed by atoms with E-state index in [1.54, 1.807) is 0 Å². The summed E-state index contributed by atoms with van der Waals surface area (Å²) in [6, 6.07) is 39.6. The zero-order valence-corrected chi connectivity index (χ0v) is 32.4. The summed E-state index contributed by atoms with van der Waals surface area (Å²) < 4.78 is 9.34. The molecule has 54 heavy (non-hydrogen) atoms. The van der Waals surface area contributed by atoms with Gasteiger partial charge in [0.2, 0.25) is 0 Å². The maximum atomic E-state index is 6.68. The number of fused-ring (bicyclic) bond motifs is 12. The molecular formula is C50H47BN2O. The second-order valence-corrected chi connectivity index (χ2v) is 17.8. The molecule has 0 spiro atoms. The molecule has 3 aliphatic rings. The van der Waals surface area contributed by atoms with Gasteiger partial charge in [-0.3, -0.25) is 0 Å². The van der Waals surface area contributed by atoms with Gasteiger partial charge in [0.05, 0.1) is 11.0 Å². The molecule has 0 bridgehead atoms. The van der Waals surface area contributed by atoms with Crippen LogP contribution in [0.2, 0.25) is 0 Å². The second-order valence-electron chi connectivity index (χ2n) is 17.8. The van der Waals surface area contributed by atoms with Crippen LogP contribution < -0.4 is 15.7 Å². The number of rotatable bonds is 5. The molecule has 0 N–H and O–H groups in total. The molecule has 266 valence electrons. The highest BCUT2D eigenvalue weighted by atomic mass is 16.3. The van der Waals surface area contributed by atoms with Crippen LogP contribution >= 0.6 is 0 Å². The van der Waals surface area contributed by atoms with Gasteiger partial charge in [0.15, 0.2) is 0 Å². The summed E-state index contributed by atoms with van der Waals surface area (Å²) in [4.78, 5) is 2.63. The molecule has 0 saturated carbocycles. The van der Waals surface area contributed by atoms with E-state index in [0.29, 0.717) is 0 Å². The Morgan fingerprint density at radius 3 is 2.22 bits per heavy atom. The Hall–Kier alpha value is -5.22. The fourth-order valence-electron chi connectivity index (χ4n) is 10.6. The van der Waals surface area contributed by atoms with Crippen molar-refractivity contribution in [1.82, 2.24) is 4.57 Å². The molecule has 4 heterocycles. The summed E-state index contributed by atoms with van der Waals surface area (Å²) in [7, 11) is 0. The maximum absolute atomic E-state index is 6.68. The van der Waals surface area contributed by atoms with Crippen molar-refractivity contribution in [3.05, 3.63) is 125 Å². The topological polar surface area (TPSA) is 21.3 Å². The van der Waals surface area contributed by atoms with Crippen molar-refractivity contribution >= 4 is 72.9 Å². The fourth-order valence-corrected chi connectivity index (χ4v) is 10.6. The van der Waals surface area contributed by atoms with E-state index in [1.807, 2.05) is 0 Å². The number of unbranched alkanes of at least 4 members (excludes halogenated alkanes) is 2. The first kappa shape index (κ1) is 32.2. The summed E-state index contributed by atoms with van der Waals surface area (Å²) in [6.45, 7) is 14.4. The van der Waals surface area contributed by atoms with Crippen LogP contribution in [-0.2, 0) is 17.3 Å². The molecule has 1 aliphatic carbocycles. The zero-order chi connectivity index (χ0) is 36.7. The second kappa shape index (κ2) is 11.2. The molecule has 0 fully saturated rings. The highest BCUT2D eigenvalue weighted by Crippen LogP contribution is 2.51. The Balaban J connectivity index is 1.28. The van der Waals surface area contributed by atoms with Gasteiger partial charge in [-0.25, -0.2) is 0 Å². The lowest BCUT2D eigenvalue weighted by molar-refractivity contribution is 0.332. The molecule has 0 saturated heterocycles. The highest BCUT2D eigenvalue weighted by molar-refractivity contribution is 6.93. The third kappa shape index (κ3) is 4.31. The largest absolute Gasteiger partial charge is 0.456 e. The summed E-state index contributed by atoms with van der Waals surface area (Å²) in [5.74, 6) is 0. The highest BCUT2D eigenvalue weighted by Gasteiger charge is 2.45. The quantitative estimate of drug-likeness (QED) is 0.132. The van der Waals surface area contributed by atoms with Gasteiger partial charge in [0.25, 0.3) is 0 Å². The molecule has 2 aliphatic heterocycles. The van der Waals surface area contributed by atoms with Crippen LogP contribution in [0.1, 0.15) is 89.0 Å². The first-order valence-electron chi connectivity index (χ1n) is 20.2. The van der Waals surface area contributed by atoms with E-state index in [-0.39, 0.29) is 17.7 Å². The SMILES string of the molecule is CCCCCc1ccc(N2B3c4cc5oc6ccccc6c5cc4-n4c5cc6c(cc5c5c(C)cc(c3c54)-c3ccccc32)C(C)(C)CCC6(C)C)cc1. The Bertz CT molecular complexity index is 2870. The van der Waals surface area contributed by atoms with Crippen molar-refractivity contribution in [2.24, 2.45) is 0 Å². The number of aromatic nitrogens is 1. The van der Waals surface area contributed by atoms with E-state index >= 15 is 0 Å². The fraction of sp³-hybridized carbons (Fsp3) is 0.280. The number of hydrogen-bond acceptors (Lipinski definition) is 2. The van der Waals surface area contributed by atoms with Gasteiger partial charge in [-0.15, -0.1) is 0 Å². The standard InChI is InChI=1S/C50H47BN2O/c1-7-8-9-14-31-19-21-32(22-20-31)53-41-17-12-10-15-33(41)36-25-30(2)46-37-26-38-39(50(5,6)24-23-49(38,3)4)28-42(37)52-43-27-35-34-16-11-13-18-44(34)54-45(35)29-40(43)51(53)47(36)48(46)52/h10-13,15-22,25-29H,7-9,14,23-24H2,1-6H3. The maximum Gasteiger partial charge on any atom is 0.333 e. The summed E-state index contributed by atoms with van der Waals surface area (Å²) in [5.41, 5.74) is 19.6. The van der Waals surface area contributed by atoms with Gasteiger partial charge >= 0.3 is 6.85 Å². The van der Waals surface area contributed by atoms with E-state index < -0.39 is 0 Å². The Labute approximate surface area is 318 Å². The first-order chi connectivity index (χ1) is 26.1. The monoisotopic (exact) mass is 702 g/mol. The van der Waals surface area contributed by atoms with Gasteiger partial charge in [0.1, 0.15) is 11.2 Å². The molecule has 3 nitrogen and oxygen atoms in total. The van der Waals surface area contributed by atoms with Crippen LogP contribution in [0.25, 0.3) is 60.6 Å². The van der Waals surface area contributed by atoms with Crippen LogP contribution in [0.3, 0.4) is 0 Å². The lowest BCUT2D eigenvalue weighted by Gasteiger charge is -2.42.